The smallest absolute Gasteiger partial charge is 0.311 e. The zero-order valence-electron chi connectivity index (χ0n) is 11.4. The van der Waals surface area contributed by atoms with Crippen molar-refractivity contribution in [1.29, 1.82) is 0 Å². The Morgan fingerprint density at radius 2 is 2.16 bits per heavy atom. The van der Waals surface area contributed by atoms with Gasteiger partial charge in [-0.25, -0.2) is 0 Å². The molecule has 0 aliphatic heterocycles. The van der Waals surface area contributed by atoms with E-state index in [4.69, 9.17) is 10.5 Å². The van der Waals surface area contributed by atoms with Gasteiger partial charge in [-0.15, -0.1) is 0 Å². The van der Waals surface area contributed by atoms with Crippen molar-refractivity contribution in [3.05, 3.63) is 33.9 Å². The van der Waals surface area contributed by atoms with Gasteiger partial charge in [0.1, 0.15) is 0 Å². The number of hydrogen-bond donors (Lipinski definition) is 2. The Bertz CT molecular complexity index is 450. The highest BCUT2D eigenvalue weighted by molar-refractivity contribution is 5.49. The standard InChI is InChI=1S/C13H20N2O4/c1-4-8(2)13(16)12(14)9-5-6-11(19-3)10(7-9)15(17)18/h5-8,12-13,16H,4,14H2,1-3H3/t8?,12-,13+/m1/s1. The Hall–Kier alpha value is -1.66. The quantitative estimate of drug-likeness (QED) is 0.607. The molecule has 0 radical (unpaired) electrons. The molecule has 106 valence electrons. The molecule has 3 atom stereocenters. The van der Waals surface area contributed by atoms with Gasteiger partial charge in [0.05, 0.1) is 24.2 Å². The van der Waals surface area contributed by atoms with Crippen molar-refractivity contribution in [3.8, 4) is 5.75 Å². The molecule has 1 unspecified atom stereocenters. The first-order valence-corrected chi connectivity index (χ1v) is 6.18. The summed E-state index contributed by atoms with van der Waals surface area (Å²) < 4.78 is 4.93. The summed E-state index contributed by atoms with van der Waals surface area (Å²) in [5, 5.41) is 21.0. The third-order valence-corrected chi connectivity index (χ3v) is 3.38. The van der Waals surface area contributed by atoms with Crippen LogP contribution in [0.1, 0.15) is 31.9 Å². The first-order valence-electron chi connectivity index (χ1n) is 6.18. The third-order valence-electron chi connectivity index (χ3n) is 3.38. The third kappa shape index (κ3) is 3.42. The summed E-state index contributed by atoms with van der Waals surface area (Å²) in [4.78, 5) is 10.4. The van der Waals surface area contributed by atoms with E-state index in [9.17, 15) is 15.2 Å². The number of methoxy groups -OCH3 is 1. The molecule has 6 heteroatoms. The average Bonchev–Trinajstić information content (AvgIpc) is 2.43. The van der Waals surface area contributed by atoms with Gasteiger partial charge in [-0.2, -0.15) is 0 Å². The van der Waals surface area contributed by atoms with Gasteiger partial charge in [-0.3, -0.25) is 10.1 Å². The number of benzene rings is 1. The summed E-state index contributed by atoms with van der Waals surface area (Å²) in [5.74, 6) is 0.204. The van der Waals surface area contributed by atoms with E-state index in [1.807, 2.05) is 13.8 Å². The zero-order valence-corrected chi connectivity index (χ0v) is 11.4. The van der Waals surface area contributed by atoms with E-state index in [-0.39, 0.29) is 17.4 Å². The van der Waals surface area contributed by atoms with Crippen LogP contribution in [0.2, 0.25) is 0 Å². The van der Waals surface area contributed by atoms with E-state index >= 15 is 0 Å². The molecule has 1 aromatic rings. The van der Waals surface area contributed by atoms with Crippen LogP contribution in [0.5, 0.6) is 5.75 Å². The lowest BCUT2D eigenvalue weighted by molar-refractivity contribution is -0.385. The van der Waals surface area contributed by atoms with E-state index in [1.165, 1.54) is 19.2 Å². The van der Waals surface area contributed by atoms with Crippen LogP contribution in [0.15, 0.2) is 18.2 Å². The second-order valence-corrected chi connectivity index (χ2v) is 4.59. The molecule has 6 nitrogen and oxygen atoms in total. The van der Waals surface area contributed by atoms with E-state index in [2.05, 4.69) is 0 Å². The molecule has 1 rings (SSSR count). The average molecular weight is 268 g/mol. The van der Waals surface area contributed by atoms with Crippen molar-refractivity contribution in [1.82, 2.24) is 0 Å². The van der Waals surface area contributed by atoms with Crippen LogP contribution in [0.4, 0.5) is 5.69 Å². The maximum Gasteiger partial charge on any atom is 0.311 e. The van der Waals surface area contributed by atoms with E-state index in [0.717, 1.165) is 6.42 Å². The molecule has 0 aromatic heterocycles. The fourth-order valence-electron chi connectivity index (χ4n) is 1.85. The molecule has 0 saturated carbocycles. The number of nitrogens with zero attached hydrogens (tertiary/aromatic N) is 1. The number of nitro groups is 1. The summed E-state index contributed by atoms with van der Waals surface area (Å²) in [6.07, 6.45) is 0.0469. The van der Waals surface area contributed by atoms with E-state index < -0.39 is 17.1 Å². The molecule has 0 heterocycles. The highest BCUT2D eigenvalue weighted by Crippen LogP contribution is 2.31. The molecule has 1 aromatic carbocycles. The van der Waals surface area contributed by atoms with Gasteiger partial charge in [0.15, 0.2) is 5.75 Å². The number of nitrogens with two attached hydrogens (primary N) is 1. The Kier molecular flexibility index (Phi) is 5.26. The Morgan fingerprint density at radius 1 is 1.53 bits per heavy atom. The van der Waals surface area contributed by atoms with E-state index in [1.54, 1.807) is 6.07 Å². The van der Waals surface area contributed by atoms with E-state index in [0.29, 0.717) is 5.56 Å². The van der Waals surface area contributed by atoms with Gasteiger partial charge < -0.3 is 15.6 Å². The van der Waals surface area contributed by atoms with Gasteiger partial charge in [-0.1, -0.05) is 26.3 Å². The van der Waals surface area contributed by atoms with Crippen LogP contribution >= 0.6 is 0 Å². The first-order chi connectivity index (χ1) is 8.92. The number of nitro benzene ring substituents is 1. The van der Waals surface area contributed by atoms with Crippen molar-refractivity contribution in [2.75, 3.05) is 7.11 Å². The van der Waals surface area contributed by atoms with Crippen molar-refractivity contribution in [2.24, 2.45) is 11.7 Å². The SMILES string of the molecule is CCC(C)[C@H](O)[C@H](N)c1ccc(OC)c([N+](=O)[O-])c1. The van der Waals surface area contributed by atoms with Gasteiger partial charge >= 0.3 is 5.69 Å². The number of ether oxygens (including phenoxy) is 1. The summed E-state index contributed by atoms with van der Waals surface area (Å²) in [5.41, 5.74) is 6.34. The second-order valence-electron chi connectivity index (χ2n) is 4.59. The molecule has 0 fully saturated rings. The fourth-order valence-corrected chi connectivity index (χ4v) is 1.85. The van der Waals surface area contributed by atoms with Gasteiger partial charge in [0.2, 0.25) is 0 Å². The molecule has 0 amide bonds. The van der Waals surface area contributed by atoms with Crippen molar-refractivity contribution < 1.29 is 14.8 Å². The Morgan fingerprint density at radius 3 is 2.63 bits per heavy atom. The molecule has 19 heavy (non-hydrogen) atoms. The van der Waals surface area contributed by atoms with Crippen molar-refractivity contribution in [3.63, 3.8) is 0 Å². The minimum Gasteiger partial charge on any atom is -0.490 e. The maximum absolute atomic E-state index is 10.9. The van der Waals surface area contributed by atoms with Crippen molar-refractivity contribution >= 4 is 5.69 Å². The summed E-state index contributed by atoms with van der Waals surface area (Å²) in [6.45, 7) is 3.85. The number of hydrogen-bond acceptors (Lipinski definition) is 5. The lowest BCUT2D eigenvalue weighted by Gasteiger charge is -2.24. The lowest BCUT2D eigenvalue weighted by Crippen LogP contribution is -2.31. The van der Waals surface area contributed by atoms with Crippen LogP contribution < -0.4 is 10.5 Å². The topological polar surface area (TPSA) is 98.6 Å². The lowest BCUT2D eigenvalue weighted by atomic mass is 9.91. The molecular weight excluding hydrogens is 248 g/mol. The Labute approximate surface area is 112 Å². The van der Waals surface area contributed by atoms with Crippen LogP contribution in [0, 0.1) is 16.0 Å². The normalized spacial score (nSPS) is 15.6. The summed E-state index contributed by atoms with van der Waals surface area (Å²) >= 11 is 0. The molecule has 3 N–H and O–H groups in total. The van der Waals surface area contributed by atoms with Crippen LogP contribution in [-0.4, -0.2) is 23.2 Å². The van der Waals surface area contributed by atoms with Gasteiger partial charge in [0.25, 0.3) is 0 Å². The molecule has 0 spiro atoms. The predicted octanol–water partition coefficient (Wildman–Crippen LogP) is 2.01. The summed E-state index contributed by atoms with van der Waals surface area (Å²) in [7, 11) is 1.37. The minimum absolute atomic E-state index is 0.0242. The first kappa shape index (κ1) is 15.4. The van der Waals surface area contributed by atoms with Crippen LogP contribution in [0.3, 0.4) is 0 Å². The maximum atomic E-state index is 10.9. The number of aliphatic hydroxyl groups is 1. The summed E-state index contributed by atoms with van der Waals surface area (Å²) in [6, 6.07) is 3.84. The highest BCUT2D eigenvalue weighted by Gasteiger charge is 2.24. The monoisotopic (exact) mass is 268 g/mol. The van der Waals surface area contributed by atoms with Gasteiger partial charge in [-0.05, 0) is 17.5 Å². The molecule has 0 saturated heterocycles. The number of rotatable bonds is 6. The van der Waals surface area contributed by atoms with Crippen LogP contribution in [-0.2, 0) is 0 Å². The van der Waals surface area contributed by atoms with Crippen molar-refractivity contribution in [2.45, 2.75) is 32.4 Å². The molecule has 0 aliphatic rings. The fraction of sp³-hybridized carbons (Fsp3) is 0.538. The van der Waals surface area contributed by atoms with Crippen LogP contribution in [0.25, 0.3) is 0 Å². The zero-order chi connectivity index (χ0) is 14.6. The molecule has 0 bridgehead atoms. The highest BCUT2D eigenvalue weighted by atomic mass is 16.6. The Balaban J connectivity index is 3.08. The second kappa shape index (κ2) is 6.49. The molecular formula is C13H20N2O4. The minimum atomic E-state index is -0.738. The number of aliphatic hydroxyl groups excluding tert-OH is 1. The molecule has 0 aliphatic carbocycles. The largest absolute Gasteiger partial charge is 0.490 e. The predicted molar refractivity (Wildman–Crippen MR) is 72.0 cm³/mol. The van der Waals surface area contributed by atoms with Gasteiger partial charge in [0, 0.05) is 6.07 Å².